The van der Waals surface area contributed by atoms with E-state index < -0.39 is 11.9 Å². The average Bonchev–Trinajstić information content (AvgIpc) is 2.16. The second-order valence-electron chi connectivity index (χ2n) is 3.31. The number of carboxylic acids is 1. The molecule has 1 aromatic heterocycles. The van der Waals surface area contributed by atoms with Gasteiger partial charge in [-0.1, -0.05) is 0 Å². The average molecular weight is 224 g/mol. The minimum Gasteiger partial charge on any atom is -0.481 e. The Hall–Kier alpha value is -2.18. The first-order valence-corrected chi connectivity index (χ1v) is 4.61. The number of aliphatic carboxylic acids is 1. The van der Waals surface area contributed by atoms with Crippen molar-refractivity contribution in [1.29, 1.82) is 0 Å². The van der Waals surface area contributed by atoms with E-state index in [4.69, 9.17) is 10.8 Å². The first kappa shape index (κ1) is 11.9. The third-order valence-corrected chi connectivity index (χ3v) is 1.79. The van der Waals surface area contributed by atoms with Crippen LogP contribution in [0.1, 0.15) is 23.8 Å². The smallest absolute Gasteiger partial charge is 0.305 e. The lowest BCUT2D eigenvalue weighted by molar-refractivity contribution is -0.137. The second-order valence-corrected chi connectivity index (χ2v) is 3.31. The van der Waals surface area contributed by atoms with E-state index in [-0.39, 0.29) is 18.2 Å². The van der Waals surface area contributed by atoms with Crippen LogP contribution in [0, 0.1) is 0 Å². The number of anilines is 1. The molecule has 1 heterocycles. The van der Waals surface area contributed by atoms with Crippen molar-refractivity contribution in [3.8, 4) is 0 Å². The minimum atomic E-state index is -0.901. The van der Waals surface area contributed by atoms with Gasteiger partial charge in [0.15, 0.2) is 5.69 Å². The Morgan fingerprint density at radius 3 is 2.62 bits per heavy atom. The summed E-state index contributed by atoms with van der Waals surface area (Å²) in [6.45, 7) is 1.71. The maximum Gasteiger partial charge on any atom is 0.305 e. The zero-order chi connectivity index (χ0) is 12.1. The van der Waals surface area contributed by atoms with Gasteiger partial charge in [0.1, 0.15) is 5.82 Å². The van der Waals surface area contributed by atoms with Crippen LogP contribution in [-0.4, -0.2) is 33.2 Å². The van der Waals surface area contributed by atoms with E-state index in [0.717, 1.165) is 0 Å². The van der Waals surface area contributed by atoms with Gasteiger partial charge in [-0.2, -0.15) is 0 Å². The molecule has 1 unspecified atom stereocenters. The van der Waals surface area contributed by atoms with Gasteiger partial charge in [-0.3, -0.25) is 9.59 Å². The van der Waals surface area contributed by atoms with E-state index in [2.05, 4.69) is 15.5 Å². The lowest BCUT2D eigenvalue weighted by Gasteiger charge is -2.11. The highest BCUT2D eigenvalue weighted by molar-refractivity contribution is 5.90. The zero-order valence-corrected chi connectivity index (χ0v) is 8.67. The molecule has 0 fully saturated rings. The van der Waals surface area contributed by atoms with Crippen molar-refractivity contribution < 1.29 is 14.7 Å². The van der Waals surface area contributed by atoms with E-state index in [9.17, 15) is 9.59 Å². The Labute approximate surface area is 91.7 Å². The SMILES string of the molecule is CC(CC(=O)O)Nc1ccc(C(N)=O)nn1. The van der Waals surface area contributed by atoms with Crippen molar-refractivity contribution in [2.45, 2.75) is 19.4 Å². The molecule has 86 valence electrons. The van der Waals surface area contributed by atoms with Crippen molar-refractivity contribution in [2.75, 3.05) is 5.32 Å². The minimum absolute atomic E-state index is 0.0285. The van der Waals surface area contributed by atoms with Crippen LogP contribution in [0.3, 0.4) is 0 Å². The highest BCUT2D eigenvalue weighted by atomic mass is 16.4. The normalized spacial score (nSPS) is 11.8. The van der Waals surface area contributed by atoms with Gasteiger partial charge in [-0.05, 0) is 19.1 Å². The molecule has 0 aliphatic carbocycles. The molecule has 4 N–H and O–H groups in total. The van der Waals surface area contributed by atoms with Crippen LogP contribution in [0.5, 0.6) is 0 Å². The molecule has 0 bridgehead atoms. The number of nitrogens with zero attached hydrogens (tertiary/aromatic N) is 2. The van der Waals surface area contributed by atoms with Crippen molar-refractivity contribution in [1.82, 2.24) is 10.2 Å². The first-order chi connectivity index (χ1) is 7.49. The summed E-state index contributed by atoms with van der Waals surface area (Å²) in [5, 5.41) is 18.6. The third kappa shape index (κ3) is 3.52. The highest BCUT2D eigenvalue weighted by Crippen LogP contribution is 2.05. The molecule has 1 amide bonds. The summed E-state index contributed by atoms with van der Waals surface area (Å²) in [6, 6.07) is 2.67. The maximum absolute atomic E-state index is 10.7. The quantitative estimate of drug-likeness (QED) is 0.640. The van der Waals surface area contributed by atoms with Crippen LogP contribution in [0.15, 0.2) is 12.1 Å². The van der Waals surface area contributed by atoms with Crippen LogP contribution in [-0.2, 0) is 4.79 Å². The van der Waals surface area contributed by atoms with Gasteiger partial charge >= 0.3 is 5.97 Å². The summed E-state index contributed by atoms with van der Waals surface area (Å²) in [5.74, 6) is -1.15. The van der Waals surface area contributed by atoms with Crippen LogP contribution >= 0.6 is 0 Å². The number of carboxylic acid groups (broad SMARTS) is 1. The number of amides is 1. The summed E-state index contributed by atoms with van der Waals surface area (Å²) in [7, 11) is 0. The summed E-state index contributed by atoms with van der Waals surface area (Å²) >= 11 is 0. The van der Waals surface area contributed by atoms with E-state index in [0.29, 0.717) is 5.82 Å². The standard InChI is InChI=1S/C9H12N4O3/c1-5(4-8(14)15)11-7-3-2-6(9(10)16)12-13-7/h2-3,5H,4H2,1H3,(H2,10,16)(H,11,13)(H,14,15). The number of rotatable bonds is 5. The van der Waals surface area contributed by atoms with Crippen LogP contribution in [0.4, 0.5) is 5.82 Å². The molecule has 0 aromatic carbocycles. The summed E-state index contributed by atoms with van der Waals surface area (Å²) in [5.41, 5.74) is 5.06. The van der Waals surface area contributed by atoms with Gasteiger partial charge in [0.25, 0.3) is 5.91 Å². The number of carbonyl (C=O) groups is 2. The van der Waals surface area contributed by atoms with Crippen molar-refractivity contribution >= 4 is 17.7 Å². The van der Waals surface area contributed by atoms with Gasteiger partial charge in [-0.15, -0.1) is 10.2 Å². The summed E-state index contributed by atoms with van der Waals surface area (Å²) in [4.78, 5) is 21.1. The highest BCUT2D eigenvalue weighted by Gasteiger charge is 2.08. The Morgan fingerprint density at radius 2 is 2.19 bits per heavy atom. The fraction of sp³-hybridized carbons (Fsp3) is 0.333. The predicted molar refractivity (Wildman–Crippen MR) is 55.9 cm³/mol. The number of nitrogens with two attached hydrogens (primary N) is 1. The van der Waals surface area contributed by atoms with E-state index in [1.165, 1.54) is 12.1 Å². The first-order valence-electron chi connectivity index (χ1n) is 4.61. The Balaban J connectivity index is 2.61. The largest absolute Gasteiger partial charge is 0.481 e. The Bertz CT molecular complexity index is 390. The van der Waals surface area contributed by atoms with Gasteiger partial charge in [0.05, 0.1) is 6.42 Å². The molecular formula is C9H12N4O3. The monoisotopic (exact) mass is 224 g/mol. The fourth-order valence-electron chi connectivity index (χ4n) is 1.11. The van der Waals surface area contributed by atoms with Gasteiger partial charge < -0.3 is 16.2 Å². The summed E-state index contributed by atoms with van der Waals surface area (Å²) < 4.78 is 0. The molecule has 7 nitrogen and oxygen atoms in total. The predicted octanol–water partition coefficient (Wildman–Crippen LogP) is -0.149. The molecular weight excluding hydrogens is 212 g/mol. The Morgan fingerprint density at radius 1 is 1.50 bits per heavy atom. The maximum atomic E-state index is 10.7. The van der Waals surface area contributed by atoms with Crippen LogP contribution in [0.25, 0.3) is 0 Å². The number of carbonyl (C=O) groups excluding carboxylic acids is 1. The zero-order valence-electron chi connectivity index (χ0n) is 8.67. The summed E-state index contributed by atoms with van der Waals surface area (Å²) in [6.07, 6.45) is -0.0285. The molecule has 0 aliphatic heterocycles. The van der Waals surface area contributed by atoms with E-state index in [1.54, 1.807) is 6.92 Å². The molecule has 1 atom stereocenters. The third-order valence-electron chi connectivity index (χ3n) is 1.79. The fourth-order valence-corrected chi connectivity index (χ4v) is 1.11. The topological polar surface area (TPSA) is 118 Å². The van der Waals surface area contributed by atoms with Gasteiger partial charge in [0, 0.05) is 6.04 Å². The lowest BCUT2D eigenvalue weighted by Crippen LogP contribution is -2.21. The number of aromatic nitrogens is 2. The van der Waals surface area contributed by atoms with Crippen molar-refractivity contribution in [3.63, 3.8) is 0 Å². The molecule has 1 aromatic rings. The molecule has 0 aliphatic rings. The molecule has 0 spiro atoms. The number of primary amides is 1. The molecule has 0 saturated carbocycles. The molecule has 0 radical (unpaired) electrons. The van der Waals surface area contributed by atoms with E-state index in [1.807, 2.05) is 0 Å². The molecule has 16 heavy (non-hydrogen) atoms. The van der Waals surface area contributed by atoms with Gasteiger partial charge in [-0.25, -0.2) is 0 Å². The number of nitrogens with one attached hydrogen (secondary N) is 1. The van der Waals surface area contributed by atoms with Crippen LogP contribution in [0.2, 0.25) is 0 Å². The molecule has 7 heteroatoms. The molecule has 1 rings (SSSR count). The number of hydrogen-bond donors (Lipinski definition) is 3. The molecule has 0 saturated heterocycles. The Kier molecular flexibility index (Phi) is 3.76. The van der Waals surface area contributed by atoms with Crippen LogP contribution < -0.4 is 11.1 Å². The van der Waals surface area contributed by atoms with Crippen molar-refractivity contribution in [3.05, 3.63) is 17.8 Å². The van der Waals surface area contributed by atoms with Crippen molar-refractivity contribution in [2.24, 2.45) is 5.73 Å². The number of hydrogen-bond acceptors (Lipinski definition) is 5. The van der Waals surface area contributed by atoms with Gasteiger partial charge in [0.2, 0.25) is 0 Å². The second kappa shape index (κ2) is 5.06. The lowest BCUT2D eigenvalue weighted by atomic mass is 10.2. The van der Waals surface area contributed by atoms with E-state index >= 15 is 0 Å².